The molecule has 11 heteroatoms. The Balaban J connectivity index is 2.76. The van der Waals surface area contributed by atoms with Gasteiger partial charge in [-0.05, 0) is 18.2 Å². The first-order chi connectivity index (χ1) is 11.1. The summed E-state index contributed by atoms with van der Waals surface area (Å²) in [6.07, 6.45) is 0. The normalized spacial score (nSPS) is 11.7. The zero-order valence-corrected chi connectivity index (χ0v) is 15.8. The minimum absolute atomic E-state index is 0.0336. The summed E-state index contributed by atoms with van der Waals surface area (Å²) in [7, 11) is 0. The first-order valence-electron chi connectivity index (χ1n) is 5.91. The standard InChI is InChI=1S/C13H3Cl6N5/c14-12(15,16)10-22-9(23-11(24-10)13(17,18)19)8-2-1-6(4-20)3-7(8)5-21/h1-3H. The minimum Gasteiger partial charge on any atom is -0.209 e. The fraction of sp³-hybridized carbons (Fsp3) is 0.154. The summed E-state index contributed by atoms with van der Waals surface area (Å²) in [5.74, 6) is -0.576. The number of rotatable bonds is 1. The van der Waals surface area contributed by atoms with Crippen molar-refractivity contribution in [2.24, 2.45) is 0 Å². The summed E-state index contributed by atoms with van der Waals surface area (Å²) in [5.41, 5.74) is 0.684. The molecule has 0 aliphatic heterocycles. The smallest absolute Gasteiger partial charge is 0.209 e. The van der Waals surface area contributed by atoms with Gasteiger partial charge in [0.25, 0.3) is 0 Å². The fourth-order valence-corrected chi connectivity index (χ4v) is 2.16. The van der Waals surface area contributed by atoms with Crippen molar-refractivity contribution in [1.29, 1.82) is 10.5 Å². The SMILES string of the molecule is N#Cc1ccc(-c2nc(C(Cl)(Cl)Cl)nc(C(Cl)(Cl)Cl)n2)c(C#N)c1. The molecule has 1 heterocycles. The maximum atomic E-state index is 9.27. The van der Waals surface area contributed by atoms with E-state index in [4.69, 9.17) is 74.9 Å². The number of nitriles is 2. The van der Waals surface area contributed by atoms with Crippen LogP contribution in [0.5, 0.6) is 0 Å². The third-order valence-electron chi connectivity index (χ3n) is 2.65. The Morgan fingerprint density at radius 3 is 1.75 bits per heavy atom. The molecule has 2 aromatic rings. The Hall–Kier alpha value is -1.05. The molecule has 0 atom stereocenters. The highest BCUT2D eigenvalue weighted by Crippen LogP contribution is 2.40. The summed E-state index contributed by atoms with van der Waals surface area (Å²) in [6, 6.07) is 8.17. The van der Waals surface area contributed by atoms with E-state index in [-0.39, 0.29) is 34.2 Å². The van der Waals surface area contributed by atoms with Crippen molar-refractivity contribution in [2.75, 3.05) is 0 Å². The van der Waals surface area contributed by atoms with Crippen LogP contribution in [0.25, 0.3) is 11.4 Å². The largest absolute Gasteiger partial charge is 0.250 e. The lowest BCUT2D eigenvalue weighted by Gasteiger charge is -2.16. The van der Waals surface area contributed by atoms with E-state index < -0.39 is 7.59 Å². The Labute approximate surface area is 166 Å². The highest BCUT2D eigenvalue weighted by atomic mass is 35.6. The van der Waals surface area contributed by atoms with Gasteiger partial charge in [-0.2, -0.15) is 10.5 Å². The van der Waals surface area contributed by atoms with Crippen LogP contribution in [0.15, 0.2) is 18.2 Å². The van der Waals surface area contributed by atoms with E-state index in [1.165, 1.54) is 18.2 Å². The van der Waals surface area contributed by atoms with E-state index in [0.717, 1.165) is 0 Å². The molecular formula is C13H3Cl6N5. The highest BCUT2D eigenvalue weighted by Gasteiger charge is 2.34. The topological polar surface area (TPSA) is 86.2 Å². The zero-order chi connectivity index (χ0) is 18.1. The van der Waals surface area contributed by atoms with E-state index >= 15 is 0 Å². The van der Waals surface area contributed by atoms with Gasteiger partial charge in [-0.1, -0.05) is 69.6 Å². The molecule has 2 rings (SSSR count). The van der Waals surface area contributed by atoms with Gasteiger partial charge in [-0.3, -0.25) is 0 Å². The maximum absolute atomic E-state index is 9.27. The molecular weight excluding hydrogens is 439 g/mol. The van der Waals surface area contributed by atoms with Crippen LogP contribution >= 0.6 is 69.6 Å². The Morgan fingerprint density at radius 1 is 0.792 bits per heavy atom. The van der Waals surface area contributed by atoms with Gasteiger partial charge in [0.2, 0.25) is 7.59 Å². The van der Waals surface area contributed by atoms with Crippen molar-refractivity contribution in [2.45, 2.75) is 7.59 Å². The van der Waals surface area contributed by atoms with Crippen molar-refractivity contribution in [3.05, 3.63) is 41.0 Å². The number of hydrogen-bond acceptors (Lipinski definition) is 5. The second kappa shape index (κ2) is 7.06. The molecule has 0 bridgehead atoms. The summed E-state index contributed by atoms with van der Waals surface area (Å²) in [5, 5.41) is 18.2. The zero-order valence-electron chi connectivity index (χ0n) is 11.2. The van der Waals surface area contributed by atoms with Gasteiger partial charge in [0.05, 0.1) is 23.3 Å². The van der Waals surface area contributed by atoms with E-state index in [1.807, 2.05) is 12.1 Å². The van der Waals surface area contributed by atoms with Gasteiger partial charge in [0, 0.05) is 5.56 Å². The van der Waals surface area contributed by atoms with E-state index in [9.17, 15) is 5.26 Å². The van der Waals surface area contributed by atoms with Crippen molar-refractivity contribution >= 4 is 69.6 Å². The van der Waals surface area contributed by atoms with E-state index in [2.05, 4.69) is 15.0 Å². The van der Waals surface area contributed by atoms with Crippen LogP contribution in [-0.4, -0.2) is 15.0 Å². The summed E-state index contributed by atoms with van der Waals surface area (Å²) >= 11 is 34.8. The lowest BCUT2D eigenvalue weighted by Crippen LogP contribution is -2.17. The van der Waals surface area contributed by atoms with Gasteiger partial charge >= 0.3 is 0 Å². The third-order valence-corrected chi connectivity index (χ3v) is 3.67. The van der Waals surface area contributed by atoms with Crippen molar-refractivity contribution in [3.63, 3.8) is 0 Å². The number of nitrogens with zero attached hydrogens (tertiary/aromatic N) is 5. The van der Waals surface area contributed by atoms with Gasteiger partial charge in [0.1, 0.15) is 0 Å². The Kier molecular flexibility index (Phi) is 5.67. The highest BCUT2D eigenvalue weighted by molar-refractivity contribution is 6.67. The Morgan fingerprint density at radius 2 is 1.33 bits per heavy atom. The molecule has 24 heavy (non-hydrogen) atoms. The van der Waals surface area contributed by atoms with Crippen LogP contribution in [0, 0.1) is 22.7 Å². The lowest BCUT2D eigenvalue weighted by atomic mass is 10.0. The van der Waals surface area contributed by atoms with Crippen LogP contribution in [-0.2, 0) is 7.59 Å². The first-order valence-corrected chi connectivity index (χ1v) is 8.18. The predicted octanol–water partition coefficient (Wildman–Crippen LogP) is 4.94. The van der Waals surface area contributed by atoms with Crippen LogP contribution in [0.3, 0.4) is 0 Å². The molecule has 0 aliphatic carbocycles. The van der Waals surface area contributed by atoms with Gasteiger partial charge in [0.15, 0.2) is 17.5 Å². The molecule has 122 valence electrons. The monoisotopic (exact) mass is 439 g/mol. The molecule has 0 spiro atoms. The average Bonchev–Trinajstić information content (AvgIpc) is 2.52. The molecule has 1 aromatic heterocycles. The molecule has 5 nitrogen and oxygen atoms in total. The molecule has 0 unspecified atom stereocenters. The third kappa shape index (κ3) is 4.32. The van der Waals surface area contributed by atoms with Crippen LogP contribution in [0.1, 0.15) is 22.8 Å². The number of hydrogen-bond donors (Lipinski definition) is 0. The number of aromatic nitrogens is 3. The molecule has 0 fully saturated rings. The molecule has 0 saturated carbocycles. The number of benzene rings is 1. The lowest BCUT2D eigenvalue weighted by molar-refractivity contribution is 0.851. The Bertz CT molecular complexity index is 840. The second-order valence-electron chi connectivity index (χ2n) is 4.29. The average molecular weight is 442 g/mol. The number of alkyl halides is 6. The van der Waals surface area contributed by atoms with Crippen LogP contribution < -0.4 is 0 Å². The van der Waals surface area contributed by atoms with Crippen molar-refractivity contribution in [3.8, 4) is 23.5 Å². The molecule has 0 saturated heterocycles. The van der Waals surface area contributed by atoms with E-state index in [1.54, 1.807) is 0 Å². The molecule has 1 aromatic carbocycles. The van der Waals surface area contributed by atoms with Gasteiger partial charge < -0.3 is 0 Å². The molecule has 0 radical (unpaired) electrons. The minimum atomic E-state index is -2.00. The van der Waals surface area contributed by atoms with E-state index in [0.29, 0.717) is 0 Å². The summed E-state index contributed by atoms with van der Waals surface area (Å²) in [4.78, 5) is 11.9. The summed E-state index contributed by atoms with van der Waals surface area (Å²) < 4.78 is -4.00. The van der Waals surface area contributed by atoms with Crippen molar-refractivity contribution < 1.29 is 0 Å². The first kappa shape index (κ1) is 19.3. The summed E-state index contributed by atoms with van der Waals surface area (Å²) in [6.45, 7) is 0. The van der Waals surface area contributed by atoms with Crippen molar-refractivity contribution in [1.82, 2.24) is 15.0 Å². The van der Waals surface area contributed by atoms with Gasteiger partial charge in [-0.15, -0.1) is 0 Å². The quantitative estimate of drug-likeness (QED) is 0.585. The molecule has 0 amide bonds. The molecule has 0 aliphatic rings. The second-order valence-corrected chi connectivity index (χ2v) is 8.85. The van der Waals surface area contributed by atoms with Crippen LogP contribution in [0.2, 0.25) is 0 Å². The molecule has 0 N–H and O–H groups in total. The van der Waals surface area contributed by atoms with Crippen LogP contribution in [0.4, 0.5) is 0 Å². The van der Waals surface area contributed by atoms with Gasteiger partial charge in [-0.25, -0.2) is 15.0 Å². The fourth-order valence-electron chi connectivity index (χ4n) is 1.65. The number of halogens is 6. The maximum Gasteiger partial charge on any atom is 0.250 e. The predicted molar refractivity (Wildman–Crippen MR) is 93.2 cm³/mol.